The third-order valence-electron chi connectivity index (χ3n) is 3.32. The van der Waals surface area contributed by atoms with Gasteiger partial charge in [-0.1, -0.05) is 23.7 Å². The number of carboxylic acid groups (broad SMARTS) is 1. The molecule has 1 aliphatic carbocycles. The van der Waals surface area contributed by atoms with Crippen molar-refractivity contribution in [3.63, 3.8) is 0 Å². The Morgan fingerprint density at radius 1 is 1.44 bits per heavy atom. The fourth-order valence-corrected chi connectivity index (χ4v) is 2.53. The van der Waals surface area contributed by atoms with E-state index in [1.807, 2.05) is 18.2 Å². The van der Waals surface area contributed by atoms with Crippen molar-refractivity contribution in [3.8, 4) is 0 Å². The number of halogens is 1. The van der Waals surface area contributed by atoms with E-state index in [2.05, 4.69) is 6.07 Å². The van der Waals surface area contributed by atoms with Crippen molar-refractivity contribution < 1.29 is 9.90 Å². The number of aliphatic carboxylic acids is 1. The van der Waals surface area contributed by atoms with Gasteiger partial charge in [-0.25, -0.2) is 0 Å². The van der Waals surface area contributed by atoms with E-state index in [0.29, 0.717) is 18.3 Å². The maximum Gasteiger partial charge on any atom is 0.303 e. The van der Waals surface area contributed by atoms with Crippen LogP contribution in [-0.2, 0) is 4.79 Å². The van der Waals surface area contributed by atoms with Crippen molar-refractivity contribution in [2.24, 2.45) is 5.92 Å². The Labute approximate surface area is 100 Å². The lowest BCUT2D eigenvalue weighted by atomic mass is 9.70. The van der Waals surface area contributed by atoms with Crippen molar-refractivity contribution in [1.82, 2.24) is 0 Å². The first kappa shape index (κ1) is 11.5. The Morgan fingerprint density at radius 2 is 2.19 bits per heavy atom. The van der Waals surface area contributed by atoms with Gasteiger partial charge in [-0.15, -0.1) is 0 Å². The van der Waals surface area contributed by atoms with Gasteiger partial charge in [0.1, 0.15) is 0 Å². The molecule has 2 nitrogen and oxygen atoms in total. The van der Waals surface area contributed by atoms with E-state index >= 15 is 0 Å². The summed E-state index contributed by atoms with van der Waals surface area (Å²) in [5, 5.41) is 9.37. The summed E-state index contributed by atoms with van der Waals surface area (Å²) >= 11 is 5.93. The second-order valence-electron chi connectivity index (χ2n) is 4.52. The lowest BCUT2D eigenvalue weighted by Gasteiger charge is -2.35. The minimum atomic E-state index is -0.689. The van der Waals surface area contributed by atoms with Crippen LogP contribution in [0.25, 0.3) is 0 Å². The second-order valence-corrected chi connectivity index (χ2v) is 4.96. The Balaban J connectivity index is 1.82. The lowest BCUT2D eigenvalue weighted by molar-refractivity contribution is -0.137. The van der Waals surface area contributed by atoms with Crippen LogP contribution in [0, 0.1) is 5.92 Å². The average Bonchev–Trinajstić information content (AvgIpc) is 2.14. The summed E-state index contributed by atoms with van der Waals surface area (Å²) in [4.78, 5) is 10.4. The molecular weight excluding hydrogens is 224 g/mol. The first-order chi connectivity index (χ1) is 7.65. The van der Waals surface area contributed by atoms with E-state index in [0.717, 1.165) is 24.3 Å². The van der Waals surface area contributed by atoms with Crippen LogP contribution < -0.4 is 0 Å². The molecule has 86 valence electrons. The predicted octanol–water partition coefficient (Wildman–Crippen LogP) is 3.70. The Morgan fingerprint density at radius 3 is 2.81 bits per heavy atom. The third kappa shape index (κ3) is 2.76. The number of rotatable bonds is 4. The highest BCUT2D eigenvalue weighted by molar-refractivity contribution is 6.30. The summed E-state index contributed by atoms with van der Waals surface area (Å²) in [6.07, 6.45) is 3.32. The molecule has 2 rings (SSSR count). The highest BCUT2D eigenvalue weighted by atomic mass is 35.5. The Hall–Kier alpha value is -1.02. The van der Waals surface area contributed by atoms with E-state index in [1.165, 1.54) is 5.56 Å². The van der Waals surface area contributed by atoms with Crippen molar-refractivity contribution in [2.45, 2.75) is 31.6 Å². The zero-order valence-electron chi connectivity index (χ0n) is 9.03. The van der Waals surface area contributed by atoms with Gasteiger partial charge in [0.15, 0.2) is 0 Å². The quantitative estimate of drug-likeness (QED) is 0.869. The highest BCUT2D eigenvalue weighted by Gasteiger charge is 2.30. The maximum absolute atomic E-state index is 10.4. The van der Waals surface area contributed by atoms with Crippen molar-refractivity contribution in [1.29, 1.82) is 0 Å². The minimum Gasteiger partial charge on any atom is -0.481 e. The van der Waals surface area contributed by atoms with Crippen LogP contribution in [0.3, 0.4) is 0 Å². The van der Waals surface area contributed by atoms with Crippen molar-refractivity contribution in [2.75, 3.05) is 0 Å². The summed E-state index contributed by atoms with van der Waals surface area (Å²) in [6, 6.07) is 7.97. The van der Waals surface area contributed by atoms with Crippen LogP contribution in [0.5, 0.6) is 0 Å². The van der Waals surface area contributed by atoms with Gasteiger partial charge in [-0.2, -0.15) is 0 Å². The minimum absolute atomic E-state index is 0.299. The summed E-state index contributed by atoms with van der Waals surface area (Å²) in [5.41, 5.74) is 1.29. The molecule has 0 atom stereocenters. The largest absolute Gasteiger partial charge is 0.481 e. The van der Waals surface area contributed by atoms with Crippen LogP contribution >= 0.6 is 11.6 Å². The Bertz CT molecular complexity index is 383. The van der Waals surface area contributed by atoms with E-state index in [1.54, 1.807) is 0 Å². The molecule has 1 aliphatic rings. The number of hydrogen-bond acceptors (Lipinski definition) is 1. The second kappa shape index (κ2) is 4.88. The number of benzene rings is 1. The highest BCUT2D eigenvalue weighted by Crippen LogP contribution is 2.44. The van der Waals surface area contributed by atoms with Crippen molar-refractivity contribution in [3.05, 3.63) is 34.9 Å². The zero-order valence-corrected chi connectivity index (χ0v) is 9.78. The average molecular weight is 239 g/mol. The van der Waals surface area contributed by atoms with Gasteiger partial charge < -0.3 is 5.11 Å². The maximum atomic E-state index is 10.4. The smallest absolute Gasteiger partial charge is 0.303 e. The molecule has 0 aromatic heterocycles. The molecule has 16 heavy (non-hydrogen) atoms. The molecule has 3 heteroatoms. The van der Waals surface area contributed by atoms with Crippen LogP contribution in [0.15, 0.2) is 24.3 Å². The third-order valence-corrected chi connectivity index (χ3v) is 3.56. The number of carbonyl (C=O) groups is 1. The van der Waals surface area contributed by atoms with Gasteiger partial charge in [0, 0.05) is 11.4 Å². The summed E-state index contributed by atoms with van der Waals surface area (Å²) in [6.45, 7) is 0. The zero-order chi connectivity index (χ0) is 11.5. The topological polar surface area (TPSA) is 37.3 Å². The van der Waals surface area contributed by atoms with E-state index in [4.69, 9.17) is 16.7 Å². The fourth-order valence-electron chi connectivity index (χ4n) is 2.33. The van der Waals surface area contributed by atoms with Gasteiger partial charge >= 0.3 is 5.97 Å². The van der Waals surface area contributed by atoms with Crippen molar-refractivity contribution >= 4 is 17.6 Å². The standard InChI is InChI=1S/C13H15ClO2/c14-12-3-1-2-10(8-12)11-6-9(7-11)4-5-13(15)16/h1-3,8-9,11H,4-7H2,(H,15,16). The van der Waals surface area contributed by atoms with Crippen LogP contribution in [0.4, 0.5) is 0 Å². The molecule has 1 saturated carbocycles. The molecule has 0 radical (unpaired) electrons. The van der Waals surface area contributed by atoms with E-state index < -0.39 is 5.97 Å². The van der Waals surface area contributed by atoms with Crippen LogP contribution in [0.2, 0.25) is 5.02 Å². The number of hydrogen-bond donors (Lipinski definition) is 1. The molecular formula is C13H15ClO2. The van der Waals surface area contributed by atoms with Gasteiger partial charge in [-0.05, 0) is 48.8 Å². The molecule has 1 aromatic rings. The summed E-state index contributed by atoms with van der Waals surface area (Å²) < 4.78 is 0. The molecule has 0 unspecified atom stereocenters. The SMILES string of the molecule is O=C(O)CCC1CC(c2cccc(Cl)c2)C1. The molecule has 1 aromatic carbocycles. The van der Waals surface area contributed by atoms with Gasteiger partial charge in [-0.3, -0.25) is 4.79 Å². The van der Waals surface area contributed by atoms with Gasteiger partial charge in [0.25, 0.3) is 0 Å². The molecule has 0 spiro atoms. The lowest BCUT2D eigenvalue weighted by Crippen LogP contribution is -2.22. The van der Waals surface area contributed by atoms with Gasteiger partial charge in [0.05, 0.1) is 0 Å². The molecule has 0 amide bonds. The molecule has 0 heterocycles. The molecule has 0 aliphatic heterocycles. The van der Waals surface area contributed by atoms with Crippen LogP contribution in [0.1, 0.15) is 37.2 Å². The predicted molar refractivity (Wildman–Crippen MR) is 63.8 cm³/mol. The van der Waals surface area contributed by atoms with Gasteiger partial charge in [0.2, 0.25) is 0 Å². The monoisotopic (exact) mass is 238 g/mol. The number of carboxylic acids is 1. The summed E-state index contributed by atoms with van der Waals surface area (Å²) in [7, 11) is 0. The first-order valence-corrected chi connectivity index (χ1v) is 6.00. The molecule has 0 bridgehead atoms. The molecule has 1 fully saturated rings. The van der Waals surface area contributed by atoms with E-state index in [9.17, 15) is 4.79 Å². The van der Waals surface area contributed by atoms with Crippen LogP contribution in [-0.4, -0.2) is 11.1 Å². The molecule has 0 saturated heterocycles. The Kier molecular flexibility index (Phi) is 3.49. The normalized spacial score (nSPS) is 23.8. The van der Waals surface area contributed by atoms with E-state index in [-0.39, 0.29) is 0 Å². The first-order valence-electron chi connectivity index (χ1n) is 5.62. The molecule has 1 N–H and O–H groups in total. The fraction of sp³-hybridized carbons (Fsp3) is 0.462. The summed E-state index contributed by atoms with van der Waals surface area (Å²) in [5.74, 6) is 0.476.